The largest absolute Gasteiger partial charge is 0.468 e. The summed E-state index contributed by atoms with van der Waals surface area (Å²) in [4.78, 5) is 24.0. The second kappa shape index (κ2) is 4.74. The third-order valence-corrected chi connectivity index (χ3v) is 5.61. The second-order valence-corrected chi connectivity index (χ2v) is 6.36. The van der Waals surface area contributed by atoms with Crippen molar-refractivity contribution in [3.05, 3.63) is 0 Å². The molecule has 2 aliphatic rings. The Labute approximate surface area is 115 Å². The number of fused-ring (bicyclic) bond motifs is 1. The maximum absolute atomic E-state index is 12.1. The minimum Gasteiger partial charge on any atom is -0.468 e. The standard InChI is InChI=1S/C12H17IO4/c1-3-8(13)9-7-5-4-6-12(7,10(14)16-2)11(15)17-9/h7-9H,3-6H2,1-2H3/t7-,8-,9-,12+/m0/s1. The van der Waals surface area contributed by atoms with Crippen LogP contribution in [0.4, 0.5) is 0 Å². The molecule has 2 rings (SSSR count). The molecule has 1 saturated carbocycles. The van der Waals surface area contributed by atoms with Crippen LogP contribution in [0.5, 0.6) is 0 Å². The van der Waals surface area contributed by atoms with Crippen LogP contribution in [0.25, 0.3) is 0 Å². The lowest BCUT2D eigenvalue weighted by Gasteiger charge is -2.24. The van der Waals surface area contributed by atoms with E-state index in [9.17, 15) is 9.59 Å². The van der Waals surface area contributed by atoms with Gasteiger partial charge in [0.2, 0.25) is 0 Å². The van der Waals surface area contributed by atoms with Crippen LogP contribution in [-0.4, -0.2) is 29.1 Å². The molecule has 1 heterocycles. The van der Waals surface area contributed by atoms with Gasteiger partial charge in [0.05, 0.1) is 7.11 Å². The Morgan fingerprint density at radius 1 is 1.71 bits per heavy atom. The van der Waals surface area contributed by atoms with Crippen molar-refractivity contribution in [2.45, 2.75) is 42.6 Å². The summed E-state index contributed by atoms with van der Waals surface area (Å²) < 4.78 is 10.6. The zero-order valence-electron chi connectivity index (χ0n) is 10.1. The molecule has 0 spiro atoms. The van der Waals surface area contributed by atoms with Gasteiger partial charge in [0.15, 0.2) is 5.41 Å². The van der Waals surface area contributed by atoms with Crippen molar-refractivity contribution in [1.82, 2.24) is 0 Å². The van der Waals surface area contributed by atoms with E-state index in [4.69, 9.17) is 9.47 Å². The molecule has 0 N–H and O–H groups in total. The van der Waals surface area contributed by atoms with Crippen molar-refractivity contribution in [2.75, 3.05) is 7.11 Å². The number of esters is 2. The minimum absolute atomic E-state index is 0.00398. The number of hydrogen-bond acceptors (Lipinski definition) is 4. The second-order valence-electron chi connectivity index (χ2n) is 4.76. The number of halogens is 1. The van der Waals surface area contributed by atoms with Crippen molar-refractivity contribution in [2.24, 2.45) is 11.3 Å². The van der Waals surface area contributed by atoms with Crippen LogP contribution in [0.1, 0.15) is 32.6 Å². The maximum Gasteiger partial charge on any atom is 0.324 e. The third-order valence-electron chi connectivity index (χ3n) is 4.02. The third kappa shape index (κ3) is 1.77. The number of hydrogen-bond donors (Lipinski definition) is 0. The van der Waals surface area contributed by atoms with Gasteiger partial charge in [0, 0.05) is 9.84 Å². The molecule has 0 aromatic rings. The number of alkyl halides is 1. The molecule has 0 radical (unpaired) electrons. The number of carbonyl (C=O) groups is 2. The topological polar surface area (TPSA) is 52.6 Å². The molecule has 5 heteroatoms. The van der Waals surface area contributed by atoms with Crippen LogP contribution in [0.15, 0.2) is 0 Å². The van der Waals surface area contributed by atoms with Crippen molar-refractivity contribution >= 4 is 34.5 Å². The molecule has 1 saturated heterocycles. The molecule has 0 bridgehead atoms. The van der Waals surface area contributed by atoms with Gasteiger partial charge in [-0.1, -0.05) is 35.9 Å². The molecule has 1 aliphatic heterocycles. The molecular formula is C12H17IO4. The molecule has 0 unspecified atom stereocenters. The van der Waals surface area contributed by atoms with Gasteiger partial charge in [-0.3, -0.25) is 9.59 Å². The lowest BCUT2D eigenvalue weighted by Crippen LogP contribution is -2.40. The van der Waals surface area contributed by atoms with E-state index in [2.05, 4.69) is 29.5 Å². The summed E-state index contributed by atoms with van der Waals surface area (Å²) in [7, 11) is 1.34. The highest BCUT2D eigenvalue weighted by atomic mass is 127. The summed E-state index contributed by atoms with van der Waals surface area (Å²) in [5.41, 5.74) is -1.00. The van der Waals surface area contributed by atoms with E-state index in [1.165, 1.54) is 7.11 Å². The lowest BCUT2D eigenvalue weighted by molar-refractivity contribution is -0.163. The monoisotopic (exact) mass is 352 g/mol. The molecule has 2 fully saturated rings. The summed E-state index contributed by atoms with van der Waals surface area (Å²) in [5.74, 6) is -0.775. The number of ether oxygens (including phenoxy) is 2. The van der Waals surface area contributed by atoms with Crippen molar-refractivity contribution in [3.63, 3.8) is 0 Å². The van der Waals surface area contributed by atoms with E-state index in [-0.39, 0.29) is 21.9 Å². The molecule has 0 amide bonds. The van der Waals surface area contributed by atoms with E-state index in [1.54, 1.807) is 0 Å². The molecule has 4 atom stereocenters. The first kappa shape index (κ1) is 13.1. The Morgan fingerprint density at radius 2 is 2.41 bits per heavy atom. The first-order valence-corrected chi connectivity index (χ1v) is 7.26. The highest BCUT2D eigenvalue weighted by Gasteiger charge is 2.65. The Kier molecular flexibility index (Phi) is 3.66. The number of methoxy groups -OCH3 is 1. The van der Waals surface area contributed by atoms with Crippen LogP contribution in [-0.2, 0) is 19.1 Å². The Balaban J connectivity index is 2.32. The number of carbonyl (C=O) groups excluding carboxylic acids is 2. The number of cyclic esters (lactones) is 1. The highest BCUT2D eigenvalue weighted by molar-refractivity contribution is 14.1. The average molecular weight is 352 g/mol. The van der Waals surface area contributed by atoms with E-state index in [0.717, 1.165) is 19.3 Å². The number of rotatable bonds is 3. The molecule has 96 valence electrons. The van der Waals surface area contributed by atoms with Crippen molar-refractivity contribution in [1.29, 1.82) is 0 Å². The van der Waals surface area contributed by atoms with Crippen LogP contribution in [0.3, 0.4) is 0 Å². The highest BCUT2D eigenvalue weighted by Crippen LogP contribution is 2.54. The minimum atomic E-state index is -1.00. The predicted molar refractivity (Wildman–Crippen MR) is 69.8 cm³/mol. The Hall–Kier alpha value is -0.330. The fourth-order valence-electron chi connectivity index (χ4n) is 3.12. The van der Waals surface area contributed by atoms with Gasteiger partial charge in [0.25, 0.3) is 0 Å². The molecule has 1 aliphatic carbocycles. The average Bonchev–Trinajstić information content (AvgIpc) is 2.88. The fourth-order valence-corrected chi connectivity index (χ4v) is 3.77. The van der Waals surface area contributed by atoms with E-state index < -0.39 is 11.4 Å². The summed E-state index contributed by atoms with van der Waals surface area (Å²) in [6, 6.07) is 0. The molecule has 17 heavy (non-hydrogen) atoms. The zero-order chi connectivity index (χ0) is 12.6. The fraction of sp³-hybridized carbons (Fsp3) is 0.833. The lowest BCUT2D eigenvalue weighted by atomic mass is 9.76. The van der Waals surface area contributed by atoms with Crippen LogP contribution >= 0.6 is 22.6 Å². The molecule has 0 aromatic carbocycles. The van der Waals surface area contributed by atoms with Gasteiger partial charge in [0.1, 0.15) is 6.10 Å². The van der Waals surface area contributed by atoms with E-state index >= 15 is 0 Å². The normalized spacial score (nSPS) is 37.5. The summed E-state index contributed by atoms with van der Waals surface area (Å²) in [6.07, 6.45) is 3.16. The van der Waals surface area contributed by atoms with Gasteiger partial charge in [-0.05, 0) is 19.3 Å². The van der Waals surface area contributed by atoms with Crippen molar-refractivity contribution < 1.29 is 19.1 Å². The van der Waals surface area contributed by atoms with Gasteiger partial charge < -0.3 is 9.47 Å². The Morgan fingerprint density at radius 3 is 3.00 bits per heavy atom. The first-order chi connectivity index (χ1) is 8.07. The summed E-state index contributed by atoms with van der Waals surface area (Å²) in [6.45, 7) is 2.07. The summed E-state index contributed by atoms with van der Waals surface area (Å²) in [5, 5.41) is 0. The quantitative estimate of drug-likeness (QED) is 0.338. The van der Waals surface area contributed by atoms with E-state index in [0.29, 0.717) is 6.42 Å². The predicted octanol–water partition coefficient (Wildman–Crippen LogP) is 2.08. The van der Waals surface area contributed by atoms with Gasteiger partial charge in [-0.2, -0.15) is 0 Å². The van der Waals surface area contributed by atoms with Gasteiger partial charge >= 0.3 is 11.9 Å². The molecule has 4 nitrogen and oxygen atoms in total. The van der Waals surface area contributed by atoms with Gasteiger partial charge in [-0.25, -0.2) is 0 Å². The Bertz CT molecular complexity index is 343. The van der Waals surface area contributed by atoms with Gasteiger partial charge in [-0.15, -0.1) is 0 Å². The zero-order valence-corrected chi connectivity index (χ0v) is 12.2. The van der Waals surface area contributed by atoms with Crippen LogP contribution in [0.2, 0.25) is 0 Å². The SMILES string of the molecule is CC[C@H](I)[C@H]1OC(=O)[C@]2(C(=O)OC)CCC[C@@H]12. The summed E-state index contributed by atoms with van der Waals surface area (Å²) >= 11 is 2.31. The van der Waals surface area contributed by atoms with E-state index in [1.807, 2.05) is 0 Å². The molecular weight excluding hydrogens is 335 g/mol. The van der Waals surface area contributed by atoms with Crippen LogP contribution in [0, 0.1) is 11.3 Å². The van der Waals surface area contributed by atoms with Crippen molar-refractivity contribution in [3.8, 4) is 0 Å². The smallest absolute Gasteiger partial charge is 0.324 e. The molecule has 0 aromatic heterocycles. The van der Waals surface area contributed by atoms with Crippen LogP contribution < -0.4 is 0 Å². The maximum atomic E-state index is 12.1. The first-order valence-electron chi connectivity index (χ1n) is 6.01.